The Kier molecular flexibility index (Phi) is 4.98. The minimum absolute atomic E-state index is 0.0291. The van der Waals surface area contributed by atoms with E-state index in [1.54, 1.807) is 16.2 Å². The lowest BCUT2D eigenvalue weighted by Gasteiger charge is -2.17. The van der Waals surface area contributed by atoms with Crippen molar-refractivity contribution < 1.29 is 4.79 Å². The second-order valence-corrected chi connectivity index (χ2v) is 6.14. The average molecular weight is 276 g/mol. The van der Waals surface area contributed by atoms with Crippen LogP contribution in [0.15, 0.2) is 6.07 Å². The lowest BCUT2D eigenvalue weighted by atomic mass is 10.1. The molecule has 3 nitrogen and oxygen atoms in total. The summed E-state index contributed by atoms with van der Waals surface area (Å²) >= 11 is 1.64. The first-order valence-electron chi connectivity index (χ1n) is 7.04. The highest BCUT2D eigenvalue weighted by atomic mass is 32.1. The van der Waals surface area contributed by atoms with Crippen LogP contribution in [0.3, 0.4) is 0 Å². The lowest BCUT2D eigenvalue weighted by Crippen LogP contribution is -2.31. The van der Waals surface area contributed by atoms with Gasteiger partial charge in [-0.2, -0.15) is 5.26 Å². The van der Waals surface area contributed by atoms with E-state index in [9.17, 15) is 4.79 Å². The van der Waals surface area contributed by atoms with E-state index < -0.39 is 0 Å². The Bertz CT molecular complexity index is 463. The summed E-state index contributed by atoms with van der Waals surface area (Å²) in [7, 11) is 0. The molecule has 0 bridgehead atoms. The number of thiophene rings is 1. The number of nitrogens with zero attached hydrogens (tertiary/aromatic N) is 2. The zero-order chi connectivity index (χ0) is 13.7. The minimum Gasteiger partial charge on any atom is -0.325 e. The van der Waals surface area contributed by atoms with Gasteiger partial charge in [-0.25, -0.2) is 0 Å². The van der Waals surface area contributed by atoms with Gasteiger partial charge in [-0.1, -0.05) is 13.3 Å². The number of carbonyl (C=O) groups excluding carboxylic acids is 1. The predicted molar refractivity (Wildman–Crippen MR) is 77.4 cm³/mol. The number of fused-ring (bicyclic) bond motifs is 1. The standard InChI is InChI=1S/C15H20N2OS/c1-2-9-17(10-8-16)15(18)14-11-12-6-4-3-5-7-13(12)19-14/h11H,2-7,9-10H2,1H3. The van der Waals surface area contributed by atoms with Gasteiger partial charge < -0.3 is 4.90 Å². The van der Waals surface area contributed by atoms with E-state index in [0.29, 0.717) is 6.54 Å². The van der Waals surface area contributed by atoms with Gasteiger partial charge >= 0.3 is 0 Å². The Morgan fingerprint density at radius 1 is 1.42 bits per heavy atom. The zero-order valence-corrected chi connectivity index (χ0v) is 12.3. The van der Waals surface area contributed by atoms with Crippen LogP contribution in [-0.4, -0.2) is 23.9 Å². The van der Waals surface area contributed by atoms with Gasteiger partial charge in [-0.3, -0.25) is 4.79 Å². The molecule has 0 aliphatic heterocycles. The van der Waals surface area contributed by atoms with Crippen molar-refractivity contribution in [3.8, 4) is 6.07 Å². The van der Waals surface area contributed by atoms with Crippen LogP contribution < -0.4 is 0 Å². The molecule has 0 aromatic carbocycles. The molecule has 1 aliphatic rings. The van der Waals surface area contributed by atoms with Crippen molar-refractivity contribution in [2.45, 2.75) is 45.4 Å². The largest absolute Gasteiger partial charge is 0.325 e. The fourth-order valence-electron chi connectivity index (χ4n) is 2.54. The fraction of sp³-hybridized carbons (Fsp3) is 0.600. The molecule has 2 rings (SSSR count). The van der Waals surface area contributed by atoms with Crippen LogP contribution in [0.25, 0.3) is 0 Å². The maximum atomic E-state index is 12.4. The summed E-state index contributed by atoms with van der Waals surface area (Å²) in [5.74, 6) is 0.0291. The Labute approximate surface area is 118 Å². The molecule has 0 radical (unpaired) electrons. The topological polar surface area (TPSA) is 44.1 Å². The van der Waals surface area contributed by atoms with Crippen LogP contribution in [0.2, 0.25) is 0 Å². The maximum Gasteiger partial charge on any atom is 0.264 e. The van der Waals surface area contributed by atoms with E-state index in [1.165, 1.54) is 29.7 Å². The van der Waals surface area contributed by atoms with E-state index in [1.807, 2.05) is 6.92 Å². The van der Waals surface area contributed by atoms with E-state index in [-0.39, 0.29) is 12.5 Å². The number of amides is 1. The second-order valence-electron chi connectivity index (χ2n) is 5.00. The van der Waals surface area contributed by atoms with Gasteiger partial charge in [0.2, 0.25) is 0 Å². The van der Waals surface area contributed by atoms with E-state index in [4.69, 9.17) is 5.26 Å². The average Bonchev–Trinajstić information content (AvgIpc) is 2.69. The Balaban J connectivity index is 2.16. The summed E-state index contributed by atoms with van der Waals surface area (Å²) < 4.78 is 0. The molecule has 1 aromatic rings. The lowest BCUT2D eigenvalue weighted by molar-refractivity contribution is 0.0781. The van der Waals surface area contributed by atoms with Crippen molar-refractivity contribution in [2.75, 3.05) is 13.1 Å². The summed E-state index contributed by atoms with van der Waals surface area (Å²) in [6, 6.07) is 4.15. The smallest absolute Gasteiger partial charge is 0.264 e. The molecule has 0 fully saturated rings. The van der Waals surface area contributed by atoms with Gasteiger partial charge in [0.1, 0.15) is 6.54 Å². The summed E-state index contributed by atoms with van der Waals surface area (Å²) in [5, 5.41) is 8.82. The molecular weight excluding hydrogens is 256 g/mol. The van der Waals surface area contributed by atoms with Crippen molar-refractivity contribution in [3.63, 3.8) is 0 Å². The normalized spacial score (nSPS) is 14.3. The molecule has 0 unspecified atom stereocenters. The molecule has 0 atom stereocenters. The number of hydrogen-bond donors (Lipinski definition) is 0. The van der Waals surface area contributed by atoms with Crippen LogP contribution in [0.5, 0.6) is 0 Å². The fourth-order valence-corrected chi connectivity index (χ4v) is 3.76. The predicted octanol–water partition coefficient (Wildman–Crippen LogP) is 3.39. The third kappa shape index (κ3) is 3.36. The molecule has 0 spiro atoms. The highest BCUT2D eigenvalue weighted by molar-refractivity contribution is 7.14. The van der Waals surface area contributed by atoms with Crippen LogP contribution in [0.4, 0.5) is 0 Å². The van der Waals surface area contributed by atoms with Gasteiger partial charge in [0.05, 0.1) is 10.9 Å². The summed E-state index contributed by atoms with van der Waals surface area (Å²) in [4.78, 5) is 16.3. The number of rotatable bonds is 4. The van der Waals surface area contributed by atoms with Crippen LogP contribution in [-0.2, 0) is 12.8 Å². The highest BCUT2D eigenvalue weighted by Crippen LogP contribution is 2.29. The summed E-state index contributed by atoms with van der Waals surface area (Å²) in [5.41, 5.74) is 1.36. The molecule has 0 saturated carbocycles. The van der Waals surface area contributed by atoms with Gasteiger partial charge in [-0.15, -0.1) is 11.3 Å². The monoisotopic (exact) mass is 276 g/mol. The third-order valence-corrected chi connectivity index (χ3v) is 4.72. The van der Waals surface area contributed by atoms with E-state index in [2.05, 4.69) is 12.1 Å². The number of aryl methyl sites for hydroxylation is 2. The molecule has 1 amide bonds. The molecule has 0 N–H and O–H groups in total. The van der Waals surface area contributed by atoms with Gasteiger partial charge in [0.15, 0.2) is 0 Å². The van der Waals surface area contributed by atoms with E-state index >= 15 is 0 Å². The first-order chi connectivity index (χ1) is 9.26. The molecule has 0 saturated heterocycles. The first-order valence-corrected chi connectivity index (χ1v) is 7.85. The Morgan fingerprint density at radius 3 is 2.95 bits per heavy atom. The highest BCUT2D eigenvalue weighted by Gasteiger charge is 2.20. The van der Waals surface area contributed by atoms with Crippen molar-refractivity contribution in [1.29, 1.82) is 5.26 Å². The summed E-state index contributed by atoms with van der Waals surface area (Å²) in [6.07, 6.45) is 6.86. The van der Waals surface area contributed by atoms with Crippen molar-refractivity contribution in [1.82, 2.24) is 4.90 Å². The molecule has 1 aliphatic carbocycles. The van der Waals surface area contributed by atoms with Crippen LogP contribution in [0, 0.1) is 11.3 Å². The molecule has 4 heteroatoms. The minimum atomic E-state index is 0.0291. The molecule has 102 valence electrons. The molecule has 1 aromatic heterocycles. The first kappa shape index (κ1) is 14.1. The van der Waals surface area contributed by atoms with Crippen LogP contribution >= 0.6 is 11.3 Å². The van der Waals surface area contributed by atoms with Crippen molar-refractivity contribution in [3.05, 3.63) is 21.4 Å². The van der Waals surface area contributed by atoms with Crippen LogP contribution in [0.1, 0.15) is 52.7 Å². The van der Waals surface area contributed by atoms with Gasteiger partial charge in [-0.05, 0) is 43.7 Å². The zero-order valence-electron chi connectivity index (χ0n) is 11.4. The van der Waals surface area contributed by atoms with Gasteiger partial charge in [0.25, 0.3) is 5.91 Å². The Hall–Kier alpha value is -1.34. The quantitative estimate of drug-likeness (QED) is 0.625. The van der Waals surface area contributed by atoms with Crippen molar-refractivity contribution >= 4 is 17.2 Å². The van der Waals surface area contributed by atoms with Crippen molar-refractivity contribution in [2.24, 2.45) is 0 Å². The molecular formula is C15H20N2OS. The molecule has 1 heterocycles. The van der Waals surface area contributed by atoms with E-state index in [0.717, 1.165) is 24.1 Å². The Morgan fingerprint density at radius 2 is 2.21 bits per heavy atom. The number of nitriles is 1. The SMILES string of the molecule is CCCN(CC#N)C(=O)c1cc2c(s1)CCCCC2. The number of hydrogen-bond acceptors (Lipinski definition) is 3. The maximum absolute atomic E-state index is 12.4. The third-order valence-electron chi connectivity index (χ3n) is 3.50. The summed E-state index contributed by atoms with van der Waals surface area (Å²) in [6.45, 7) is 2.88. The second kappa shape index (κ2) is 6.72. The van der Waals surface area contributed by atoms with Gasteiger partial charge in [0, 0.05) is 11.4 Å². The number of carbonyl (C=O) groups is 1. The molecule has 19 heavy (non-hydrogen) atoms.